The van der Waals surface area contributed by atoms with Gasteiger partial charge in [-0.3, -0.25) is 15.1 Å². The second-order valence-corrected chi connectivity index (χ2v) is 7.51. The number of hydrogen-bond acceptors (Lipinski definition) is 7. The maximum absolute atomic E-state index is 11.0. The van der Waals surface area contributed by atoms with Crippen LogP contribution < -0.4 is 9.54 Å². The zero-order valence-corrected chi connectivity index (χ0v) is 18.3. The average Bonchev–Trinajstić information content (AvgIpc) is 3.45. The van der Waals surface area contributed by atoms with Gasteiger partial charge in [0.05, 0.1) is 23.9 Å². The second-order valence-electron chi connectivity index (χ2n) is 6.67. The minimum Gasteiger partial charge on any atom is -0.497 e. The van der Waals surface area contributed by atoms with Gasteiger partial charge < -0.3 is 9.15 Å². The van der Waals surface area contributed by atoms with Crippen molar-refractivity contribution >= 4 is 23.2 Å². The number of thiazole rings is 1. The van der Waals surface area contributed by atoms with E-state index in [0.717, 1.165) is 21.8 Å². The monoisotopic (exact) mass is 448 g/mol. The first-order valence-electron chi connectivity index (χ1n) is 9.83. The summed E-state index contributed by atoms with van der Waals surface area (Å²) in [5, 5.41) is 17.6. The van der Waals surface area contributed by atoms with Crippen LogP contribution in [0.1, 0.15) is 12.7 Å². The molecule has 9 heteroatoms. The van der Waals surface area contributed by atoms with Crippen molar-refractivity contribution in [3.63, 3.8) is 0 Å². The molecule has 32 heavy (non-hydrogen) atoms. The molecule has 0 N–H and O–H groups in total. The van der Waals surface area contributed by atoms with Crippen LogP contribution in [0.2, 0.25) is 0 Å². The Morgan fingerprint density at radius 1 is 1.16 bits per heavy atom. The molecule has 0 bridgehead atoms. The Bertz CT molecular complexity index is 1330. The van der Waals surface area contributed by atoms with Crippen LogP contribution >= 0.6 is 11.3 Å². The third-order valence-electron chi connectivity index (χ3n) is 4.63. The molecule has 2 heterocycles. The molecule has 0 aliphatic rings. The predicted octanol–water partition coefficient (Wildman–Crippen LogP) is 5.20. The van der Waals surface area contributed by atoms with Gasteiger partial charge >= 0.3 is 0 Å². The molecule has 0 spiro atoms. The van der Waals surface area contributed by atoms with Gasteiger partial charge in [0, 0.05) is 35.2 Å². The fourth-order valence-corrected chi connectivity index (χ4v) is 3.98. The van der Waals surface area contributed by atoms with Gasteiger partial charge in [0.25, 0.3) is 5.69 Å². The van der Waals surface area contributed by atoms with Crippen molar-refractivity contribution in [3.8, 4) is 28.3 Å². The van der Waals surface area contributed by atoms with Crippen LogP contribution in [-0.2, 0) is 0 Å². The number of non-ortho nitro benzene ring substituents is 1. The Labute approximate surface area is 187 Å². The maximum atomic E-state index is 11.0. The molecule has 0 unspecified atom stereocenters. The van der Waals surface area contributed by atoms with Gasteiger partial charge in [-0.2, -0.15) is 5.10 Å². The third kappa shape index (κ3) is 4.52. The Kier molecular flexibility index (Phi) is 6.27. The molecular formula is C23H20N4O4S. The highest BCUT2D eigenvalue weighted by atomic mass is 32.1. The van der Waals surface area contributed by atoms with Crippen LogP contribution in [0.3, 0.4) is 0 Å². The summed E-state index contributed by atoms with van der Waals surface area (Å²) in [6.45, 7) is 2.61. The average molecular weight is 449 g/mol. The summed E-state index contributed by atoms with van der Waals surface area (Å²) < 4.78 is 12.9. The summed E-state index contributed by atoms with van der Waals surface area (Å²) in [6.07, 6.45) is 1.61. The molecule has 2 aromatic carbocycles. The maximum Gasteiger partial charge on any atom is 0.270 e. The SMILES string of the molecule is CCN=c1scc(-c2ccc(OC)cc2)n1/N=C\c1ccc(-c2cccc([N+](=O)[O-])c2)o1. The molecule has 2 aromatic heterocycles. The van der Waals surface area contributed by atoms with Crippen molar-refractivity contribution in [1.82, 2.24) is 4.68 Å². The molecule has 0 atom stereocenters. The van der Waals surface area contributed by atoms with Crippen LogP contribution in [0.25, 0.3) is 22.6 Å². The number of hydrogen-bond donors (Lipinski definition) is 0. The molecule has 0 fully saturated rings. The summed E-state index contributed by atoms with van der Waals surface area (Å²) >= 11 is 1.50. The number of methoxy groups -OCH3 is 1. The Morgan fingerprint density at radius 3 is 2.69 bits per heavy atom. The van der Waals surface area contributed by atoms with Gasteiger partial charge in [-0.25, -0.2) is 4.68 Å². The standard InChI is InChI=1S/C23H20N4O4S/c1-3-24-23-26(21(15-32-23)16-7-9-19(30-2)10-8-16)25-14-20-11-12-22(31-20)17-5-4-6-18(13-17)27(28)29/h4-15H,3H2,1-2H3/b24-23?,25-14-. The van der Waals surface area contributed by atoms with E-state index in [1.165, 1.54) is 23.5 Å². The predicted molar refractivity (Wildman–Crippen MR) is 124 cm³/mol. The summed E-state index contributed by atoms with van der Waals surface area (Å²) in [7, 11) is 1.63. The highest BCUT2D eigenvalue weighted by Gasteiger charge is 2.11. The normalized spacial score (nSPS) is 11.9. The molecule has 4 rings (SSSR count). The zero-order valence-electron chi connectivity index (χ0n) is 17.5. The lowest BCUT2D eigenvalue weighted by Crippen LogP contribution is -2.12. The number of nitro groups is 1. The van der Waals surface area contributed by atoms with E-state index < -0.39 is 4.92 Å². The number of furan rings is 1. The van der Waals surface area contributed by atoms with Crippen molar-refractivity contribution in [1.29, 1.82) is 0 Å². The molecule has 0 saturated carbocycles. The first kappa shape index (κ1) is 21.3. The third-order valence-corrected chi connectivity index (χ3v) is 5.49. The van der Waals surface area contributed by atoms with E-state index in [0.29, 0.717) is 23.6 Å². The van der Waals surface area contributed by atoms with Crippen molar-refractivity contribution in [3.05, 3.63) is 86.7 Å². The highest BCUT2D eigenvalue weighted by Crippen LogP contribution is 2.26. The van der Waals surface area contributed by atoms with E-state index >= 15 is 0 Å². The van der Waals surface area contributed by atoms with Crippen LogP contribution in [0.15, 0.2) is 80.6 Å². The molecule has 162 valence electrons. The second kappa shape index (κ2) is 9.44. The van der Waals surface area contributed by atoms with Crippen molar-refractivity contribution in [2.75, 3.05) is 13.7 Å². The minimum atomic E-state index is -0.429. The lowest BCUT2D eigenvalue weighted by atomic mass is 10.1. The summed E-state index contributed by atoms with van der Waals surface area (Å²) in [4.78, 5) is 15.9. The molecule has 0 amide bonds. The smallest absolute Gasteiger partial charge is 0.270 e. The zero-order chi connectivity index (χ0) is 22.5. The fraction of sp³-hybridized carbons (Fsp3) is 0.130. The van der Waals surface area contributed by atoms with Crippen LogP contribution in [-0.4, -0.2) is 29.5 Å². The number of benzene rings is 2. The molecule has 0 radical (unpaired) electrons. The topological polar surface area (TPSA) is 95.2 Å². The van der Waals surface area contributed by atoms with Crippen molar-refractivity contribution in [2.45, 2.75) is 6.92 Å². The number of ether oxygens (including phenoxy) is 1. The van der Waals surface area contributed by atoms with E-state index in [4.69, 9.17) is 9.15 Å². The quantitative estimate of drug-likeness (QED) is 0.221. The van der Waals surface area contributed by atoms with Crippen molar-refractivity contribution in [2.24, 2.45) is 10.1 Å². The van der Waals surface area contributed by atoms with Gasteiger partial charge in [-0.15, -0.1) is 11.3 Å². The Morgan fingerprint density at radius 2 is 1.97 bits per heavy atom. The Balaban J connectivity index is 1.66. The molecule has 0 saturated heterocycles. The number of nitro benzene ring substituents is 1. The molecule has 0 aliphatic carbocycles. The molecule has 4 aromatic rings. The van der Waals surface area contributed by atoms with Gasteiger partial charge in [0.15, 0.2) is 0 Å². The van der Waals surface area contributed by atoms with Gasteiger partial charge in [-0.05, 0) is 43.3 Å². The Hall–Kier alpha value is -3.98. The minimum absolute atomic E-state index is 0.0119. The van der Waals surface area contributed by atoms with Gasteiger partial charge in [0.1, 0.15) is 17.3 Å². The summed E-state index contributed by atoms with van der Waals surface area (Å²) in [6, 6.07) is 17.6. The van der Waals surface area contributed by atoms with E-state index in [1.54, 1.807) is 42.3 Å². The van der Waals surface area contributed by atoms with E-state index in [2.05, 4.69) is 10.1 Å². The fourth-order valence-electron chi connectivity index (χ4n) is 3.08. The highest BCUT2D eigenvalue weighted by molar-refractivity contribution is 7.07. The molecule has 0 aliphatic heterocycles. The van der Waals surface area contributed by atoms with Crippen LogP contribution in [0.4, 0.5) is 5.69 Å². The van der Waals surface area contributed by atoms with Crippen LogP contribution in [0.5, 0.6) is 5.75 Å². The lowest BCUT2D eigenvalue weighted by molar-refractivity contribution is -0.384. The number of nitrogens with zero attached hydrogens (tertiary/aromatic N) is 4. The van der Waals surface area contributed by atoms with E-state index in [9.17, 15) is 10.1 Å². The van der Waals surface area contributed by atoms with Crippen LogP contribution in [0, 0.1) is 10.1 Å². The first-order chi connectivity index (χ1) is 15.6. The van der Waals surface area contributed by atoms with Gasteiger partial charge in [0.2, 0.25) is 4.80 Å². The molecule has 8 nitrogen and oxygen atoms in total. The van der Waals surface area contributed by atoms with Crippen molar-refractivity contribution < 1.29 is 14.1 Å². The lowest BCUT2D eigenvalue weighted by Gasteiger charge is -2.04. The largest absolute Gasteiger partial charge is 0.497 e. The summed E-state index contributed by atoms with van der Waals surface area (Å²) in [5.41, 5.74) is 2.51. The van der Waals surface area contributed by atoms with E-state index in [-0.39, 0.29) is 5.69 Å². The van der Waals surface area contributed by atoms with Gasteiger partial charge in [-0.1, -0.05) is 12.1 Å². The first-order valence-corrected chi connectivity index (χ1v) is 10.7. The summed E-state index contributed by atoms with van der Waals surface area (Å²) in [5.74, 6) is 1.83. The number of aromatic nitrogens is 1. The number of rotatable bonds is 7. The molecular weight excluding hydrogens is 428 g/mol. The van der Waals surface area contributed by atoms with E-state index in [1.807, 2.05) is 36.6 Å².